The minimum absolute atomic E-state index is 0.155. The Morgan fingerprint density at radius 1 is 1.06 bits per heavy atom. The van der Waals surface area contributed by atoms with Gasteiger partial charge >= 0.3 is 0 Å². The van der Waals surface area contributed by atoms with Crippen molar-refractivity contribution in [3.8, 4) is 5.75 Å². The molecule has 178 valence electrons. The summed E-state index contributed by atoms with van der Waals surface area (Å²) in [6, 6.07) is 20.7. The topological polar surface area (TPSA) is 124 Å². The van der Waals surface area contributed by atoms with E-state index in [9.17, 15) is 14.7 Å². The second kappa shape index (κ2) is 9.60. The van der Waals surface area contributed by atoms with E-state index in [2.05, 4.69) is 15.3 Å². The van der Waals surface area contributed by atoms with Crippen LogP contribution in [0.5, 0.6) is 5.75 Å². The van der Waals surface area contributed by atoms with Crippen LogP contribution in [0.25, 0.3) is 11.0 Å². The van der Waals surface area contributed by atoms with Crippen LogP contribution in [0.15, 0.2) is 72.8 Å². The van der Waals surface area contributed by atoms with Crippen LogP contribution in [0.3, 0.4) is 0 Å². The molecule has 0 saturated carbocycles. The molecule has 1 aromatic heterocycles. The number of aromatic hydroxyl groups is 1. The SMILES string of the molecule is N[C@@H](Cc1ccc(O)cc1)C(=O)N1Cc2ccccc2C[C@H]1C(=O)NCc1nc2ccccc2[nH]1. The van der Waals surface area contributed by atoms with E-state index in [4.69, 9.17) is 5.73 Å². The largest absolute Gasteiger partial charge is 0.508 e. The van der Waals surface area contributed by atoms with Crippen LogP contribution >= 0.6 is 0 Å². The van der Waals surface area contributed by atoms with Crippen LogP contribution in [0, 0.1) is 0 Å². The second-order valence-electron chi connectivity index (χ2n) is 8.85. The molecule has 0 radical (unpaired) electrons. The summed E-state index contributed by atoms with van der Waals surface area (Å²) in [4.78, 5) is 36.1. The number of phenolic OH excluding ortho intramolecular Hbond substituents is 1. The van der Waals surface area contributed by atoms with E-state index in [-0.39, 0.29) is 24.1 Å². The van der Waals surface area contributed by atoms with E-state index in [0.29, 0.717) is 25.2 Å². The zero-order chi connectivity index (χ0) is 24.4. The zero-order valence-corrected chi connectivity index (χ0v) is 19.1. The number of benzene rings is 3. The van der Waals surface area contributed by atoms with Crippen molar-refractivity contribution in [2.24, 2.45) is 5.73 Å². The van der Waals surface area contributed by atoms with Crippen LogP contribution < -0.4 is 11.1 Å². The number of nitrogens with zero attached hydrogens (tertiary/aromatic N) is 2. The highest BCUT2D eigenvalue weighted by atomic mass is 16.3. The molecule has 3 aromatic carbocycles. The fourth-order valence-corrected chi connectivity index (χ4v) is 4.55. The highest BCUT2D eigenvalue weighted by Gasteiger charge is 2.36. The van der Waals surface area contributed by atoms with Crippen LogP contribution in [0.4, 0.5) is 0 Å². The Balaban J connectivity index is 1.33. The number of fused-ring (bicyclic) bond motifs is 2. The Bertz CT molecular complexity index is 1330. The number of H-pyrrole nitrogens is 1. The number of imidazole rings is 1. The maximum absolute atomic E-state index is 13.4. The molecule has 5 N–H and O–H groups in total. The Labute approximate surface area is 202 Å². The third-order valence-electron chi connectivity index (χ3n) is 6.41. The van der Waals surface area contributed by atoms with Crippen molar-refractivity contribution in [1.29, 1.82) is 0 Å². The fraction of sp³-hybridized carbons (Fsp3) is 0.222. The minimum Gasteiger partial charge on any atom is -0.508 e. The predicted molar refractivity (Wildman–Crippen MR) is 132 cm³/mol. The first kappa shape index (κ1) is 22.6. The van der Waals surface area contributed by atoms with E-state index in [1.807, 2.05) is 48.5 Å². The van der Waals surface area contributed by atoms with Crippen LogP contribution in [-0.2, 0) is 35.5 Å². The Morgan fingerprint density at radius 2 is 1.77 bits per heavy atom. The van der Waals surface area contributed by atoms with Crippen molar-refractivity contribution in [1.82, 2.24) is 20.2 Å². The lowest BCUT2D eigenvalue weighted by molar-refractivity contribution is -0.142. The number of para-hydroxylation sites is 2. The quantitative estimate of drug-likeness (QED) is 0.345. The van der Waals surface area contributed by atoms with Gasteiger partial charge in [-0.05, 0) is 47.4 Å². The third kappa shape index (κ3) is 4.88. The van der Waals surface area contributed by atoms with Gasteiger partial charge in [0.1, 0.15) is 17.6 Å². The molecule has 35 heavy (non-hydrogen) atoms. The number of aromatic amines is 1. The number of carbonyl (C=O) groups is 2. The van der Waals surface area contributed by atoms with Crippen LogP contribution in [0.1, 0.15) is 22.5 Å². The summed E-state index contributed by atoms with van der Waals surface area (Å²) in [7, 11) is 0. The number of rotatable bonds is 6. The predicted octanol–water partition coefficient (Wildman–Crippen LogP) is 2.41. The molecule has 0 saturated heterocycles. The second-order valence-corrected chi connectivity index (χ2v) is 8.85. The zero-order valence-electron chi connectivity index (χ0n) is 19.1. The number of hydrogen-bond acceptors (Lipinski definition) is 5. The Hall–Kier alpha value is -4.17. The number of amides is 2. The first-order valence-corrected chi connectivity index (χ1v) is 11.6. The molecule has 1 aliphatic rings. The highest BCUT2D eigenvalue weighted by Crippen LogP contribution is 2.25. The molecule has 0 bridgehead atoms. The molecule has 2 amide bonds. The van der Waals surface area contributed by atoms with Gasteiger partial charge in [-0.3, -0.25) is 9.59 Å². The molecule has 2 atom stereocenters. The van der Waals surface area contributed by atoms with Gasteiger partial charge in [0.05, 0.1) is 23.6 Å². The summed E-state index contributed by atoms with van der Waals surface area (Å²) >= 11 is 0. The first-order valence-electron chi connectivity index (χ1n) is 11.6. The average Bonchev–Trinajstić information content (AvgIpc) is 3.30. The molecule has 0 fully saturated rings. The van der Waals surface area contributed by atoms with Gasteiger partial charge in [0.25, 0.3) is 0 Å². The van der Waals surface area contributed by atoms with Gasteiger partial charge in [-0.25, -0.2) is 4.98 Å². The molecule has 1 aliphatic heterocycles. The van der Waals surface area contributed by atoms with Crippen molar-refractivity contribution in [3.63, 3.8) is 0 Å². The maximum Gasteiger partial charge on any atom is 0.243 e. The van der Waals surface area contributed by atoms with Gasteiger partial charge in [-0.15, -0.1) is 0 Å². The fourth-order valence-electron chi connectivity index (χ4n) is 4.55. The van der Waals surface area contributed by atoms with Crippen molar-refractivity contribution >= 4 is 22.8 Å². The lowest BCUT2D eigenvalue weighted by atomic mass is 9.92. The lowest BCUT2D eigenvalue weighted by Crippen LogP contribution is -2.56. The summed E-state index contributed by atoms with van der Waals surface area (Å²) in [5, 5.41) is 12.5. The maximum atomic E-state index is 13.4. The lowest BCUT2D eigenvalue weighted by Gasteiger charge is -2.37. The third-order valence-corrected chi connectivity index (χ3v) is 6.41. The van der Waals surface area contributed by atoms with Crippen molar-refractivity contribution < 1.29 is 14.7 Å². The molecule has 0 aliphatic carbocycles. The highest BCUT2D eigenvalue weighted by molar-refractivity contribution is 5.90. The number of carbonyl (C=O) groups excluding carboxylic acids is 2. The number of hydrogen-bond donors (Lipinski definition) is 4. The molecule has 4 aromatic rings. The molecule has 0 spiro atoms. The van der Waals surface area contributed by atoms with Crippen molar-refractivity contribution in [3.05, 3.63) is 95.3 Å². The van der Waals surface area contributed by atoms with Crippen molar-refractivity contribution in [2.45, 2.75) is 38.0 Å². The van der Waals surface area contributed by atoms with Gasteiger partial charge in [-0.1, -0.05) is 48.5 Å². The normalized spacial score (nSPS) is 16.0. The van der Waals surface area contributed by atoms with E-state index in [0.717, 1.165) is 27.7 Å². The molecule has 8 nitrogen and oxygen atoms in total. The summed E-state index contributed by atoms with van der Waals surface area (Å²) < 4.78 is 0. The summed E-state index contributed by atoms with van der Waals surface area (Å²) in [6.45, 7) is 0.550. The molecule has 0 unspecified atom stereocenters. The Morgan fingerprint density at radius 3 is 2.54 bits per heavy atom. The molecular formula is C27H27N5O3. The van der Waals surface area contributed by atoms with E-state index in [1.165, 1.54) is 0 Å². The van der Waals surface area contributed by atoms with E-state index < -0.39 is 12.1 Å². The summed E-state index contributed by atoms with van der Waals surface area (Å²) in [6.07, 6.45) is 0.727. The monoisotopic (exact) mass is 469 g/mol. The van der Waals surface area contributed by atoms with Gasteiger partial charge in [0, 0.05) is 13.0 Å². The molecule has 5 rings (SSSR count). The summed E-state index contributed by atoms with van der Waals surface area (Å²) in [5.41, 5.74) is 10.9. The number of aromatic nitrogens is 2. The standard InChI is InChI=1S/C27H27N5O3/c28-21(13-17-9-11-20(33)12-10-17)27(35)32-16-19-6-2-1-5-18(19)14-24(32)26(34)29-15-25-30-22-7-3-4-8-23(22)31-25/h1-12,21,24,33H,13-16,28H2,(H,29,34)(H,30,31)/t21-,24-/m0/s1. The van der Waals surface area contributed by atoms with Gasteiger partial charge in [0.15, 0.2) is 0 Å². The van der Waals surface area contributed by atoms with E-state index in [1.54, 1.807) is 29.2 Å². The average molecular weight is 470 g/mol. The molecule has 2 heterocycles. The van der Waals surface area contributed by atoms with Gasteiger partial charge < -0.3 is 26.0 Å². The van der Waals surface area contributed by atoms with E-state index >= 15 is 0 Å². The van der Waals surface area contributed by atoms with Gasteiger partial charge in [-0.2, -0.15) is 0 Å². The Kier molecular flexibility index (Phi) is 6.20. The van der Waals surface area contributed by atoms with Crippen LogP contribution in [0.2, 0.25) is 0 Å². The molecular weight excluding hydrogens is 442 g/mol. The van der Waals surface area contributed by atoms with Gasteiger partial charge in [0.2, 0.25) is 11.8 Å². The van der Waals surface area contributed by atoms with Crippen molar-refractivity contribution in [2.75, 3.05) is 0 Å². The number of phenols is 1. The summed E-state index contributed by atoms with van der Waals surface area (Å²) in [5.74, 6) is 0.279. The number of nitrogens with two attached hydrogens (primary N) is 1. The smallest absolute Gasteiger partial charge is 0.243 e. The first-order chi connectivity index (χ1) is 17.0. The molecule has 8 heteroatoms. The van der Waals surface area contributed by atoms with Crippen LogP contribution in [-0.4, -0.2) is 43.9 Å². The number of nitrogens with one attached hydrogen (secondary N) is 2. The minimum atomic E-state index is -0.810.